The smallest absolute Gasteiger partial charge is 0.139 e. The maximum absolute atomic E-state index is 5.75. The average Bonchev–Trinajstić information content (AvgIpc) is 2.99. The molecule has 1 aliphatic heterocycles. The highest BCUT2D eigenvalue weighted by molar-refractivity contribution is 6.76. The van der Waals surface area contributed by atoms with Gasteiger partial charge < -0.3 is 4.74 Å². The van der Waals surface area contributed by atoms with Crippen LogP contribution in [0.3, 0.4) is 0 Å². The Balaban J connectivity index is 1.61. The van der Waals surface area contributed by atoms with Crippen LogP contribution in [0.15, 0.2) is 41.7 Å². The molecule has 1 aliphatic rings. The van der Waals surface area contributed by atoms with Crippen LogP contribution in [0.25, 0.3) is 0 Å². The van der Waals surface area contributed by atoms with E-state index in [2.05, 4.69) is 42.9 Å². The predicted molar refractivity (Wildman–Crippen MR) is 97.3 cm³/mol. The SMILES string of the molecule is C[Si](C)(C)CCOCn1cc(C2=Nc3ccccc3CC2)cn1. The molecule has 0 bridgehead atoms. The lowest BCUT2D eigenvalue weighted by Gasteiger charge is -2.15. The van der Waals surface area contributed by atoms with Gasteiger partial charge in [0.15, 0.2) is 0 Å². The van der Waals surface area contributed by atoms with Crippen LogP contribution in [0, 0.1) is 0 Å². The molecule has 4 nitrogen and oxygen atoms in total. The Morgan fingerprint density at radius 1 is 1.17 bits per heavy atom. The van der Waals surface area contributed by atoms with Crippen LogP contribution < -0.4 is 0 Å². The number of benzene rings is 1. The second-order valence-electron chi connectivity index (χ2n) is 7.30. The Morgan fingerprint density at radius 3 is 2.83 bits per heavy atom. The van der Waals surface area contributed by atoms with Crippen molar-refractivity contribution in [3.8, 4) is 0 Å². The number of aryl methyl sites for hydroxylation is 1. The van der Waals surface area contributed by atoms with Crippen molar-refractivity contribution in [2.45, 2.75) is 45.3 Å². The first-order valence-electron chi connectivity index (χ1n) is 8.27. The van der Waals surface area contributed by atoms with Crippen molar-refractivity contribution in [1.82, 2.24) is 9.78 Å². The molecule has 0 unspecified atom stereocenters. The maximum Gasteiger partial charge on any atom is 0.139 e. The molecule has 0 amide bonds. The zero-order valence-corrected chi connectivity index (χ0v) is 15.2. The number of para-hydroxylation sites is 1. The lowest BCUT2D eigenvalue weighted by atomic mass is 9.99. The molecule has 0 radical (unpaired) electrons. The largest absolute Gasteiger partial charge is 0.360 e. The van der Waals surface area contributed by atoms with Crippen LogP contribution in [0.5, 0.6) is 0 Å². The number of hydrogen-bond acceptors (Lipinski definition) is 3. The van der Waals surface area contributed by atoms with Crippen LogP contribution in [-0.4, -0.2) is 30.2 Å². The number of nitrogens with zero attached hydrogens (tertiary/aromatic N) is 3. The van der Waals surface area contributed by atoms with E-state index in [1.165, 1.54) is 11.6 Å². The number of hydrogen-bond donors (Lipinski definition) is 0. The summed E-state index contributed by atoms with van der Waals surface area (Å²) in [6.07, 6.45) is 5.96. The summed E-state index contributed by atoms with van der Waals surface area (Å²) in [5, 5.41) is 4.40. The first kappa shape index (κ1) is 16.1. The van der Waals surface area contributed by atoms with Crippen molar-refractivity contribution in [3.63, 3.8) is 0 Å². The molecule has 1 aromatic heterocycles. The molecule has 122 valence electrons. The third kappa shape index (κ3) is 4.39. The highest BCUT2D eigenvalue weighted by Crippen LogP contribution is 2.27. The van der Waals surface area contributed by atoms with E-state index in [4.69, 9.17) is 9.73 Å². The van der Waals surface area contributed by atoms with E-state index in [1.807, 2.05) is 23.1 Å². The third-order valence-electron chi connectivity index (χ3n) is 4.06. The normalized spacial score (nSPS) is 14.5. The van der Waals surface area contributed by atoms with E-state index in [1.54, 1.807) is 0 Å². The highest BCUT2D eigenvalue weighted by Gasteiger charge is 2.15. The number of fused-ring (bicyclic) bond motifs is 1. The molecule has 0 fully saturated rings. The van der Waals surface area contributed by atoms with Crippen LogP contribution in [0.4, 0.5) is 5.69 Å². The van der Waals surface area contributed by atoms with Crippen LogP contribution >= 0.6 is 0 Å². The van der Waals surface area contributed by atoms with Gasteiger partial charge in [0, 0.05) is 26.4 Å². The number of rotatable bonds is 6. The first-order chi connectivity index (χ1) is 11.0. The summed E-state index contributed by atoms with van der Waals surface area (Å²) >= 11 is 0. The molecule has 1 aromatic carbocycles. The number of aromatic nitrogens is 2. The highest BCUT2D eigenvalue weighted by atomic mass is 28.3. The maximum atomic E-state index is 5.75. The minimum Gasteiger partial charge on any atom is -0.360 e. The summed E-state index contributed by atoms with van der Waals surface area (Å²) < 4.78 is 7.61. The van der Waals surface area contributed by atoms with Crippen LogP contribution in [0.2, 0.25) is 25.7 Å². The van der Waals surface area contributed by atoms with Crippen molar-refractivity contribution in [2.24, 2.45) is 4.99 Å². The molecule has 0 spiro atoms. The van der Waals surface area contributed by atoms with Gasteiger partial charge in [0.2, 0.25) is 0 Å². The van der Waals surface area contributed by atoms with E-state index < -0.39 is 8.07 Å². The standard InChI is InChI=1S/C18H25N3OSi/c1-23(2,3)11-10-22-14-21-13-16(12-19-21)18-9-8-15-6-4-5-7-17(15)20-18/h4-7,12-13H,8-11,14H2,1-3H3. The lowest BCUT2D eigenvalue weighted by molar-refractivity contribution is 0.0786. The van der Waals surface area contributed by atoms with Crippen LogP contribution in [-0.2, 0) is 17.9 Å². The molecular weight excluding hydrogens is 302 g/mol. The molecule has 0 aliphatic carbocycles. The summed E-state index contributed by atoms with van der Waals surface area (Å²) in [4.78, 5) is 4.79. The molecule has 0 atom stereocenters. The van der Waals surface area contributed by atoms with Crippen LogP contribution in [0.1, 0.15) is 17.5 Å². The molecule has 2 heterocycles. The van der Waals surface area contributed by atoms with Gasteiger partial charge in [0.05, 0.1) is 17.6 Å². The first-order valence-corrected chi connectivity index (χ1v) is 12.0. The fourth-order valence-electron chi connectivity index (χ4n) is 2.61. The average molecular weight is 328 g/mol. The summed E-state index contributed by atoms with van der Waals surface area (Å²) in [5.74, 6) is 0. The molecule has 0 saturated carbocycles. The van der Waals surface area contributed by atoms with Gasteiger partial charge in [-0.2, -0.15) is 5.10 Å². The van der Waals surface area contributed by atoms with Gasteiger partial charge in [-0.3, -0.25) is 4.99 Å². The fraction of sp³-hybridized carbons (Fsp3) is 0.444. The molecule has 23 heavy (non-hydrogen) atoms. The van der Waals surface area contributed by atoms with E-state index in [0.717, 1.165) is 36.4 Å². The van der Waals surface area contributed by atoms with E-state index in [9.17, 15) is 0 Å². The fourth-order valence-corrected chi connectivity index (χ4v) is 3.37. The van der Waals surface area contributed by atoms with Gasteiger partial charge in [-0.1, -0.05) is 37.8 Å². The van der Waals surface area contributed by atoms with Crippen molar-refractivity contribution < 1.29 is 4.74 Å². The quantitative estimate of drug-likeness (QED) is 0.587. The summed E-state index contributed by atoms with van der Waals surface area (Å²) in [6, 6.07) is 9.55. The minimum atomic E-state index is -1.02. The van der Waals surface area contributed by atoms with E-state index in [-0.39, 0.29) is 0 Å². The second kappa shape index (κ2) is 6.80. The van der Waals surface area contributed by atoms with Gasteiger partial charge in [-0.25, -0.2) is 4.68 Å². The zero-order chi connectivity index (χ0) is 16.3. The minimum absolute atomic E-state index is 0.522. The number of ether oxygens (including phenoxy) is 1. The van der Waals surface area contributed by atoms with E-state index in [0.29, 0.717) is 6.73 Å². The Morgan fingerprint density at radius 2 is 2.00 bits per heavy atom. The van der Waals surface area contributed by atoms with Gasteiger partial charge in [-0.05, 0) is 30.5 Å². The Hall–Kier alpha value is -1.72. The van der Waals surface area contributed by atoms with Crippen molar-refractivity contribution in [1.29, 1.82) is 0 Å². The summed E-state index contributed by atoms with van der Waals surface area (Å²) in [6.45, 7) is 8.43. The molecule has 3 rings (SSSR count). The summed E-state index contributed by atoms with van der Waals surface area (Å²) in [7, 11) is -1.02. The second-order valence-corrected chi connectivity index (χ2v) is 12.9. The van der Waals surface area contributed by atoms with Gasteiger partial charge in [-0.15, -0.1) is 0 Å². The van der Waals surface area contributed by atoms with Crippen molar-refractivity contribution >= 4 is 19.5 Å². The third-order valence-corrected chi connectivity index (χ3v) is 5.77. The Bertz CT molecular complexity index is 700. The predicted octanol–water partition coefficient (Wildman–Crippen LogP) is 4.26. The summed E-state index contributed by atoms with van der Waals surface area (Å²) in [5.41, 5.74) is 4.65. The Kier molecular flexibility index (Phi) is 4.78. The molecule has 5 heteroatoms. The molecule has 2 aromatic rings. The van der Waals surface area contributed by atoms with Gasteiger partial charge in [0.1, 0.15) is 6.73 Å². The monoisotopic (exact) mass is 327 g/mol. The molecule has 0 saturated heterocycles. The van der Waals surface area contributed by atoms with Gasteiger partial charge >= 0.3 is 0 Å². The topological polar surface area (TPSA) is 39.4 Å². The molecule has 0 N–H and O–H groups in total. The van der Waals surface area contributed by atoms with Crippen molar-refractivity contribution in [2.75, 3.05) is 6.61 Å². The van der Waals surface area contributed by atoms with E-state index >= 15 is 0 Å². The lowest BCUT2D eigenvalue weighted by Crippen LogP contribution is -2.22. The van der Waals surface area contributed by atoms with Crippen molar-refractivity contribution in [3.05, 3.63) is 47.8 Å². The zero-order valence-electron chi connectivity index (χ0n) is 14.2. The molecular formula is C18H25N3OSi. The Labute approximate surface area is 139 Å². The number of aliphatic imine (C=N–C) groups is 1. The van der Waals surface area contributed by atoms with Gasteiger partial charge in [0.25, 0.3) is 0 Å².